The van der Waals surface area contributed by atoms with Crippen LogP contribution in [0.25, 0.3) is 32.6 Å². The molecule has 114 valence electrons. The van der Waals surface area contributed by atoms with Gasteiger partial charge in [-0.25, -0.2) is 4.98 Å². The Labute approximate surface area is 138 Å². The summed E-state index contributed by atoms with van der Waals surface area (Å²) in [6.45, 7) is 0.0859. The zero-order chi connectivity index (χ0) is 16.0. The number of nitrogens with zero attached hydrogens (tertiary/aromatic N) is 2. The van der Waals surface area contributed by atoms with Crippen LogP contribution in [0.15, 0.2) is 35.3 Å². The summed E-state index contributed by atoms with van der Waals surface area (Å²) in [5.41, 5.74) is 1.95. The van der Waals surface area contributed by atoms with Crippen LogP contribution >= 0.6 is 23.6 Å². The van der Waals surface area contributed by atoms with Gasteiger partial charge < -0.3 is 19.3 Å². The van der Waals surface area contributed by atoms with E-state index in [9.17, 15) is 9.59 Å². The Kier molecular flexibility index (Phi) is 3.21. The van der Waals surface area contributed by atoms with Gasteiger partial charge in [0.1, 0.15) is 16.8 Å². The molecule has 0 saturated carbocycles. The molecule has 8 heteroatoms. The minimum atomic E-state index is -0.254. The van der Waals surface area contributed by atoms with Gasteiger partial charge in [-0.15, -0.1) is 0 Å². The second-order valence-electron chi connectivity index (χ2n) is 4.96. The van der Waals surface area contributed by atoms with Gasteiger partial charge in [-0.1, -0.05) is 29.5 Å². The molecule has 0 amide bonds. The summed E-state index contributed by atoms with van der Waals surface area (Å²) in [5, 5.41) is 0.964. The molecule has 0 atom stereocenters. The highest BCUT2D eigenvalue weighted by Crippen LogP contribution is 2.27. The summed E-state index contributed by atoms with van der Waals surface area (Å²) in [7, 11) is 0. The average Bonchev–Trinajstić information content (AvgIpc) is 3.11. The number of aromatic nitrogens is 4. The third-order valence-electron chi connectivity index (χ3n) is 3.63. The number of hydrogen-bond acceptors (Lipinski definition) is 5. The van der Waals surface area contributed by atoms with E-state index in [1.807, 2.05) is 24.3 Å². The SMILES string of the molecule is O=CCn1c(=S)sc2c(=O)[nH]c(-c3c[nH]c4ccccc34)nc21. The Hall–Kier alpha value is -2.58. The molecule has 1 aromatic carbocycles. The Bertz CT molecular complexity index is 1170. The predicted molar refractivity (Wildman–Crippen MR) is 92.4 cm³/mol. The van der Waals surface area contributed by atoms with Gasteiger partial charge in [0.25, 0.3) is 5.56 Å². The maximum Gasteiger partial charge on any atom is 0.270 e. The van der Waals surface area contributed by atoms with E-state index in [1.165, 1.54) is 0 Å². The molecule has 0 saturated heterocycles. The van der Waals surface area contributed by atoms with Crippen molar-refractivity contribution in [3.05, 3.63) is 44.8 Å². The van der Waals surface area contributed by atoms with Crippen LogP contribution in [0.3, 0.4) is 0 Å². The van der Waals surface area contributed by atoms with E-state index in [1.54, 1.807) is 10.8 Å². The smallest absolute Gasteiger partial charge is 0.270 e. The van der Waals surface area contributed by atoms with E-state index < -0.39 is 0 Å². The Balaban J connectivity index is 2.05. The number of aldehydes is 1. The van der Waals surface area contributed by atoms with E-state index >= 15 is 0 Å². The molecule has 0 aliphatic rings. The molecule has 0 fully saturated rings. The van der Waals surface area contributed by atoms with Gasteiger partial charge in [0.15, 0.2) is 9.60 Å². The van der Waals surface area contributed by atoms with Crippen LogP contribution in [0.5, 0.6) is 0 Å². The second-order valence-corrected chi connectivity index (χ2v) is 6.60. The topological polar surface area (TPSA) is 83.5 Å². The van der Waals surface area contributed by atoms with Crippen molar-refractivity contribution in [3.8, 4) is 11.4 Å². The lowest BCUT2D eigenvalue weighted by atomic mass is 10.1. The number of rotatable bonds is 3. The maximum absolute atomic E-state index is 12.4. The van der Waals surface area contributed by atoms with E-state index in [-0.39, 0.29) is 12.1 Å². The summed E-state index contributed by atoms with van der Waals surface area (Å²) in [6, 6.07) is 7.77. The number of aromatic amines is 2. The van der Waals surface area contributed by atoms with Crippen LogP contribution in [0.2, 0.25) is 0 Å². The molecule has 0 aliphatic heterocycles. The number of benzene rings is 1. The molecule has 0 aliphatic carbocycles. The minimum Gasteiger partial charge on any atom is -0.360 e. The molecule has 3 heterocycles. The quantitative estimate of drug-likeness (QED) is 0.443. The zero-order valence-electron chi connectivity index (χ0n) is 11.7. The number of para-hydroxylation sites is 1. The van der Waals surface area contributed by atoms with Crippen molar-refractivity contribution in [2.75, 3.05) is 0 Å². The molecule has 0 bridgehead atoms. The zero-order valence-corrected chi connectivity index (χ0v) is 13.3. The van der Waals surface area contributed by atoms with Crippen LogP contribution in [-0.2, 0) is 11.3 Å². The lowest BCUT2D eigenvalue weighted by Crippen LogP contribution is -2.10. The van der Waals surface area contributed by atoms with Crippen LogP contribution in [-0.4, -0.2) is 25.8 Å². The number of hydrogen-bond donors (Lipinski definition) is 2. The first-order valence-corrected chi connectivity index (χ1v) is 8.05. The molecule has 4 rings (SSSR count). The molecule has 0 radical (unpaired) electrons. The van der Waals surface area contributed by atoms with Gasteiger partial charge in [-0.2, -0.15) is 0 Å². The van der Waals surface area contributed by atoms with Crippen LogP contribution in [0.4, 0.5) is 0 Å². The van der Waals surface area contributed by atoms with Crippen LogP contribution < -0.4 is 5.56 Å². The first-order valence-electron chi connectivity index (χ1n) is 6.83. The van der Waals surface area contributed by atoms with Gasteiger partial charge in [0, 0.05) is 22.7 Å². The highest BCUT2D eigenvalue weighted by Gasteiger charge is 2.14. The monoisotopic (exact) mass is 342 g/mol. The third-order valence-corrected chi connectivity index (χ3v) is 5.06. The number of H-pyrrole nitrogens is 2. The van der Waals surface area contributed by atoms with Gasteiger partial charge in [0.2, 0.25) is 0 Å². The van der Waals surface area contributed by atoms with Crippen molar-refractivity contribution in [3.63, 3.8) is 0 Å². The Morgan fingerprint density at radius 2 is 2.17 bits per heavy atom. The van der Waals surface area contributed by atoms with E-state index in [4.69, 9.17) is 12.2 Å². The largest absolute Gasteiger partial charge is 0.360 e. The fourth-order valence-electron chi connectivity index (χ4n) is 2.58. The summed E-state index contributed by atoms with van der Waals surface area (Å²) in [4.78, 5) is 33.7. The highest BCUT2D eigenvalue weighted by atomic mass is 32.1. The summed E-state index contributed by atoms with van der Waals surface area (Å²) < 4.78 is 2.47. The molecule has 0 unspecified atom stereocenters. The predicted octanol–water partition coefficient (Wildman–Crippen LogP) is 2.86. The van der Waals surface area contributed by atoms with E-state index in [0.717, 1.165) is 34.1 Å². The molecular weight excluding hydrogens is 332 g/mol. The van der Waals surface area contributed by atoms with Crippen LogP contribution in [0.1, 0.15) is 0 Å². The molecule has 2 N–H and O–H groups in total. The van der Waals surface area contributed by atoms with Crippen molar-refractivity contribution in [1.82, 2.24) is 19.5 Å². The van der Waals surface area contributed by atoms with Crippen molar-refractivity contribution in [1.29, 1.82) is 0 Å². The van der Waals surface area contributed by atoms with E-state index in [2.05, 4.69) is 15.0 Å². The number of thiazole rings is 1. The normalized spacial score (nSPS) is 11.3. The van der Waals surface area contributed by atoms with Gasteiger partial charge in [-0.3, -0.25) is 4.79 Å². The Morgan fingerprint density at radius 3 is 3.00 bits per heavy atom. The number of carbonyl (C=O) groups excluding carboxylic acids is 1. The van der Waals surface area contributed by atoms with Gasteiger partial charge in [0.05, 0.1) is 6.54 Å². The van der Waals surface area contributed by atoms with E-state index in [0.29, 0.717) is 20.1 Å². The molecular formula is C15H10N4O2S2. The summed E-state index contributed by atoms with van der Waals surface area (Å²) >= 11 is 6.38. The lowest BCUT2D eigenvalue weighted by Gasteiger charge is -2.02. The van der Waals surface area contributed by atoms with Crippen molar-refractivity contribution in [2.45, 2.75) is 6.54 Å². The lowest BCUT2D eigenvalue weighted by molar-refractivity contribution is -0.108. The molecule has 23 heavy (non-hydrogen) atoms. The van der Waals surface area contributed by atoms with Crippen LogP contribution in [0, 0.1) is 3.95 Å². The third kappa shape index (κ3) is 2.14. The second kappa shape index (κ2) is 5.25. The molecule has 0 spiro atoms. The fourth-order valence-corrected chi connectivity index (χ4v) is 3.83. The summed E-state index contributed by atoms with van der Waals surface area (Å²) in [5.74, 6) is 0.451. The maximum atomic E-state index is 12.4. The minimum absolute atomic E-state index is 0.0859. The van der Waals surface area contributed by atoms with Crippen molar-refractivity contribution in [2.24, 2.45) is 0 Å². The Morgan fingerprint density at radius 1 is 1.35 bits per heavy atom. The van der Waals surface area contributed by atoms with Gasteiger partial charge >= 0.3 is 0 Å². The van der Waals surface area contributed by atoms with Crippen molar-refractivity contribution < 1.29 is 4.79 Å². The molecule has 3 aromatic heterocycles. The number of nitrogens with one attached hydrogen (secondary N) is 2. The number of fused-ring (bicyclic) bond motifs is 2. The average molecular weight is 342 g/mol. The first-order chi connectivity index (χ1) is 11.2. The molecule has 6 nitrogen and oxygen atoms in total. The standard InChI is InChI=1S/C15H10N4O2S2/c20-6-5-19-13-11(23-15(19)22)14(21)18-12(17-13)9-7-16-10-4-2-1-3-8(9)10/h1-4,6-7,16H,5H2,(H,17,18,21). The number of carbonyl (C=O) groups is 1. The summed E-state index contributed by atoms with van der Waals surface area (Å²) in [6.07, 6.45) is 2.55. The highest BCUT2D eigenvalue weighted by molar-refractivity contribution is 7.73. The molecule has 4 aromatic rings. The first kappa shape index (κ1) is 14.0. The van der Waals surface area contributed by atoms with Crippen molar-refractivity contribution >= 4 is 51.1 Å². The fraction of sp³-hybridized carbons (Fsp3) is 0.0667. The van der Waals surface area contributed by atoms with Gasteiger partial charge in [-0.05, 0) is 18.3 Å².